The number of oxazole rings is 1. The number of amides is 1. The third-order valence-electron chi connectivity index (χ3n) is 2.06. The minimum absolute atomic E-state index is 0.0414. The standard InChI is InChI=1S/C11H16N2O4/c1-11(2,3)7-6-13-10(17-7)9(16)12-5-4-8(14)15/h6H,4-5H2,1-3H3,(H,12,16)(H,14,15). The molecular formula is C11H16N2O4. The fraction of sp³-hybridized carbons (Fsp3) is 0.545. The van der Waals surface area contributed by atoms with E-state index in [-0.39, 0.29) is 24.3 Å². The topological polar surface area (TPSA) is 92.4 Å². The zero-order valence-electron chi connectivity index (χ0n) is 10.1. The molecule has 1 rings (SSSR count). The van der Waals surface area contributed by atoms with Crippen molar-refractivity contribution in [2.45, 2.75) is 32.6 Å². The molecule has 0 saturated heterocycles. The van der Waals surface area contributed by atoms with Gasteiger partial charge in [0.25, 0.3) is 5.89 Å². The van der Waals surface area contributed by atoms with Gasteiger partial charge < -0.3 is 14.8 Å². The lowest BCUT2D eigenvalue weighted by atomic mass is 9.94. The van der Waals surface area contributed by atoms with E-state index in [1.165, 1.54) is 6.20 Å². The van der Waals surface area contributed by atoms with Crippen molar-refractivity contribution in [1.29, 1.82) is 0 Å². The molecule has 1 aromatic rings. The number of carboxylic acid groups (broad SMARTS) is 1. The van der Waals surface area contributed by atoms with Crippen LogP contribution in [0.5, 0.6) is 0 Å². The van der Waals surface area contributed by atoms with Crippen molar-refractivity contribution < 1.29 is 19.1 Å². The van der Waals surface area contributed by atoms with Crippen LogP contribution in [0.15, 0.2) is 10.6 Å². The summed E-state index contributed by atoms with van der Waals surface area (Å²) in [5.41, 5.74) is -0.216. The predicted molar refractivity (Wildman–Crippen MR) is 59.8 cm³/mol. The zero-order valence-corrected chi connectivity index (χ0v) is 10.1. The summed E-state index contributed by atoms with van der Waals surface area (Å²) in [6, 6.07) is 0. The highest BCUT2D eigenvalue weighted by Gasteiger charge is 2.21. The van der Waals surface area contributed by atoms with Gasteiger partial charge in [-0.05, 0) is 0 Å². The number of carbonyl (C=O) groups excluding carboxylic acids is 1. The molecule has 0 atom stereocenters. The van der Waals surface area contributed by atoms with Crippen LogP contribution in [0.3, 0.4) is 0 Å². The van der Waals surface area contributed by atoms with E-state index in [1.807, 2.05) is 20.8 Å². The number of hydrogen-bond donors (Lipinski definition) is 2. The van der Waals surface area contributed by atoms with Crippen LogP contribution in [0, 0.1) is 0 Å². The number of nitrogens with one attached hydrogen (secondary N) is 1. The van der Waals surface area contributed by atoms with Gasteiger partial charge in [-0.15, -0.1) is 0 Å². The molecule has 0 aliphatic heterocycles. The molecule has 0 spiro atoms. The number of carbonyl (C=O) groups is 2. The zero-order chi connectivity index (χ0) is 13.1. The van der Waals surface area contributed by atoms with Crippen LogP contribution in [0.1, 0.15) is 43.6 Å². The van der Waals surface area contributed by atoms with Crippen molar-refractivity contribution >= 4 is 11.9 Å². The van der Waals surface area contributed by atoms with Crippen molar-refractivity contribution in [2.75, 3.05) is 6.54 Å². The van der Waals surface area contributed by atoms with Gasteiger partial charge in [0.2, 0.25) is 0 Å². The van der Waals surface area contributed by atoms with Gasteiger partial charge in [0, 0.05) is 12.0 Å². The maximum absolute atomic E-state index is 11.5. The second-order valence-corrected chi connectivity index (χ2v) is 4.68. The Morgan fingerprint density at radius 2 is 2.12 bits per heavy atom. The molecule has 0 radical (unpaired) electrons. The summed E-state index contributed by atoms with van der Waals surface area (Å²) in [6.07, 6.45) is 1.38. The Morgan fingerprint density at radius 1 is 1.47 bits per heavy atom. The second kappa shape index (κ2) is 4.99. The summed E-state index contributed by atoms with van der Waals surface area (Å²) in [4.78, 5) is 25.6. The summed E-state index contributed by atoms with van der Waals surface area (Å²) in [7, 11) is 0. The van der Waals surface area contributed by atoms with Gasteiger partial charge in [-0.1, -0.05) is 20.8 Å². The van der Waals surface area contributed by atoms with E-state index < -0.39 is 11.9 Å². The SMILES string of the molecule is CC(C)(C)c1cnc(C(=O)NCCC(=O)O)o1. The fourth-order valence-electron chi connectivity index (χ4n) is 1.08. The van der Waals surface area contributed by atoms with Crippen LogP contribution in [0.25, 0.3) is 0 Å². The molecule has 6 heteroatoms. The van der Waals surface area contributed by atoms with Crippen LogP contribution in [-0.2, 0) is 10.2 Å². The summed E-state index contributed by atoms with van der Waals surface area (Å²) in [6.45, 7) is 5.89. The number of aromatic nitrogens is 1. The van der Waals surface area contributed by atoms with E-state index in [2.05, 4.69) is 10.3 Å². The minimum Gasteiger partial charge on any atom is -0.481 e. The molecule has 1 amide bonds. The van der Waals surface area contributed by atoms with Crippen LogP contribution in [0.4, 0.5) is 0 Å². The molecule has 2 N–H and O–H groups in total. The summed E-state index contributed by atoms with van der Waals surface area (Å²) >= 11 is 0. The molecular weight excluding hydrogens is 224 g/mol. The first-order chi connectivity index (χ1) is 7.80. The number of hydrogen-bond acceptors (Lipinski definition) is 4. The Hall–Kier alpha value is -1.85. The van der Waals surface area contributed by atoms with Crippen molar-refractivity contribution in [1.82, 2.24) is 10.3 Å². The normalized spacial score (nSPS) is 11.2. The average molecular weight is 240 g/mol. The summed E-state index contributed by atoms with van der Waals surface area (Å²) < 4.78 is 5.30. The van der Waals surface area contributed by atoms with Crippen LogP contribution in [0.2, 0.25) is 0 Å². The van der Waals surface area contributed by atoms with Gasteiger partial charge >= 0.3 is 11.9 Å². The quantitative estimate of drug-likeness (QED) is 0.824. The van der Waals surface area contributed by atoms with Gasteiger partial charge in [0.15, 0.2) is 0 Å². The Labute approximate surface area is 99.0 Å². The Kier molecular flexibility index (Phi) is 3.88. The van der Waals surface area contributed by atoms with Gasteiger partial charge in [0.05, 0.1) is 12.6 Å². The summed E-state index contributed by atoms with van der Waals surface area (Å²) in [5.74, 6) is -0.893. The average Bonchev–Trinajstić information content (AvgIpc) is 2.64. The Bertz CT molecular complexity index is 417. The lowest BCUT2D eigenvalue weighted by Gasteiger charge is -2.12. The maximum Gasteiger partial charge on any atom is 0.307 e. The van der Waals surface area contributed by atoms with E-state index in [0.717, 1.165) is 0 Å². The van der Waals surface area contributed by atoms with Crippen molar-refractivity contribution in [3.05, 3.63) is 17.8 Å². The third-order valence-corrected chi connectivity index (χ3v) is 2.06. The molecule has 1 heterocycles. The predicted octanol–water partition coefficient (Wildman–Crippen LogP) is 1.18. The molecule has 6 nitrogen and oxygen atoms in total. The largest absolute Gasteiger partial charge is 0.481 e. The number of nitrogens with zero attached hydrogens (tertiary/aromatic N) is 1. The van der Waals surface area contributed by atoms with E-state index in [9.17, 15) is 9.59 Å². The molecule has 1 aromatic heterocycles. The highest BCUT2D eigenvalue weighted by molar-refractivity contribution is 5.89. The lowest BCUT2D eigenvalue weighted by molar-refractivity contribution is -0.136. The van der Waals surface area contributed by atoms with E-state index >= 15 is 0 Å². The minimum atomic E-state index is -0.965. The number of carboxylic acids is 1. The van der Waals surface area contributed by atoms with Crippen molar-refractivity contribution in [3.63, 3.8) is 0 Å². The lowest BCUT2D eigenvalue weighted by Crippen LogP contribution is -2.26. The Morgan fingerprint density at radius 3 is 2.59 bits per heavy atom. The second-order valence-electron chi connectivity index (χ2n) is 4.68. The molecule has 0 aromatic carbocycles. The first-order valence-electron chi connectivity index (χ1n) is 5.27. The fourth-order valence-corrected chi connectivity index (χ4v) is 1.08. The molecule has 94 valence electrons. The molecule has 0 unspecified atom stereocenters. The number of aliphatic carboxylic acids is 1. The van der Waals surface area contributed by atoms with Gasteiger partial charge in [-0.2, -0.15) is 0 Å². The Balaban J connectivity index is 2.58. The van der Waals surface area contributed by atoms with Crippen LogP contribution >= 0.6 is 0 Å². The highest BCUT2D eigenvalue weighted by Crippen LogP contribution is 2.22. The maximum atomic E-state index is 11.5. The van der Waals surface area contributed by atoms with Gasteiger partial charge in [-0.3, -0.25) is 9.59 Å². The van der Waals surface area contributed by atoms with Gasteiger partial charge in [-0.25, -0.2) is 4.98 Å². The van der Waals surface area contributed by atoms with E-state index in [4.69, 9.17) is 9.52 Å². The molecule has 0 fully saturated rings. The van der Waals surface area contributed by atoms with Crippen LogP contribution < -0.4 is 5.32 Å². The highest BCUT2D eigenvalue weighted by atomic mass is 16.4. The van der Waals surface area contributed by atoms with E-state index in [1.54, 1.807) is 0 Å². The first-order valence-corrected chi connectivity index (χ1v) is 5.27. The monoisotopic (exact) mass is 240 g/mol. The third kappa shape index (κ3) is 3.90. The molecule has 0 aliphatic rings. The molecule has 17 heavy (non-hydrogen) atoms. The molecule has 0 saturated carbocycles. The molecule has 0 bridgehead atoms. The summed E-state index contributed by atoms with van der Waals surface area (Å²) in [5, 5.41) is 10.8. The smallest absolute Gasteiger partial charge is 0.307 e. The van der Waals surface area contributed by atoms with Crippen molar-refractivity contribution in [2.24, 2.45) is 0 Å². The first kappa shape index (κ1) is 13.2. The van der Waals surface area contributed by atoms with Gasteiger partial charge in [0.1, 0.15) is 5.76 Å². The number of rotatable bonds is 4. The van der Waals surface area contributed by atoms with Crippen LogP contribution in [-0.4, -0.2) is 28.5 Å². The van der Waals surface area contributed by atoms with Crippen molar-refractivity contribution in [3.8, 4) is 0 Å². The van der Waals surface area contributed by atoms with E-state index in [0.29, 0.717) is 5.76 Å². The molecule has 0 aliphatic carbocycles.